The molecule has 120 valence electrons. The van der Waals surface area contributed by atoms with Crippen LogP contribution in [0, 0.1) is 0 Å². The molecular weight excluding hydrogens is 333 g/mol. The summed E-state index contributed by atoms with van der Waals surface area (Å²) in [4.78, 5) is 16.3. The molecule has 0 aromatic heterocycles. The molecular formula is C17H17Cl2N3O. The van der Waals surface area contributed by atoms with Gasteiger partial charge in [-0.25, -0.2) is 4.79 Å². The zero-order valence-corrected chi connectivity index (χ0v) is 14.0. The summed E-state index contributed by atoms with van der Waals surface area (Å²) in [6, 6.07) is 14.8. The van der Waals surface area contributed by atoms with E-state index in [1.165, 1.54) is 0 Å². The van der Waals surface area contributed by atoms with E-state index in [1.54, 1.807) is 24.3 Å². The van der Waals surface area contributed by atoms with E-state index in [1.807, 2.05) is 29.2 Å². The van der Waals surface area contributed by atoms with Gasteiger partial charge in [-0.15, -0.1) is 0 Å². The SMILES string of the molecule is O=C(Nc1ccc(Cl)cc1)N1CCN(c2ccccc2Cl)CC1. The third-order valence-corrected chi connectivity index (χ3v) is 4.43. The van der Waals surface area contributed by atoms with Gasteiger partial charge < -0.3 is 15.1 Å². The lowest BCUT2D eigenvalue weighted by molar-refractivity contribution is 0.208. The second-order valence-electron chi connectivity index (χ2n) is 5.36. The lowest BCUT2D eigenvalue weighted by atomic mass is 10.2. The Balaban J connectivity index is 1.57. The standard InChI is InChI=1S/C17H17Cl2N3O/c18-13-5-7-14(8-6-13)20-17(23)22-11-9-21(10-12-22)16-4-2-1-3-15(16)19/h1-8H,9-12H2,(H,20,23). The van der Waals surface area contributed by atoms with E-state index in [-0.39, 0.29) is 6.03 Å². The van der Waals surface area contributed by atoms with E-state index in [2.05, 4.69) is 10.2 Å². The number of amides is 2. The van der Waals surface area contributed by atoms with Crippen molar-refractivity contribution in [3.63, 3.8) is 0 Å². The van der Waals surface area contributed by atoms with Gasteiger partial charge in [-0.1, -0.05) is 35.3 Å². The van der Waals surface area contributed by atoms with Crippen LogP contribution in [0.2, 0.25) is 10.0 Å². The van der Waals surface area contributed by atoms with Gasteiger partial charge in [0.25, 0.3) is 0 Å². The van der Waals surface area contributed by atoms with Crippen molar-refractivity contribution < 1.29 is 4.79 Å². The molecule has 0 saturated carbocycles. The normalized spacial score (nSPS) is 14.7. The number of hydrogen-bond acceptors (Lipinski definition) is 2. The summed E-state index contributed by atoms with van der Waals surface area (Å²) in [6.07, 6.45) is 0. The Hall–Kier alpha value is -1.91. The van der Waals surface area contributed by atoms with Crippen molar-refractivity contribution in [1.29, 1.82) is 0 Å². The summed E-state index contributed by atoms with van der Waals surface area (Å²) in [7, 11) is 0. The van der Waals surface area contributed by atoms with Crippen molar-refractivity contribution >= 4 is 40.6 Å². The smallest absolute Gasteiger partial charge is 0.321 e. The number of rotatable bonds is 2. The number of carbonyl (C=O) groups excluding carboxylic acids is 1. The fourth-order valence-corrected chi connectivity index (χ4v) is 2.98. The Bertz CT molecular complexity index is 682. The molecule has 2 amide bonds. The highest BCUT2D eigenvalue weighted by molar-refractivity contribution is 6.33. The van der Waals surface area contributed by atoms with Crippen LogP contribution in [0.3, 0.4) is 0 Å². The predicted molar refractivity (Wildman–Crippen MR) is 95.7 cm³/mol. The summed E-state index contributed by atoms with van der Waals surface area (Å²) in [5, 5.41) is 4.28. The highest BCUT2D eigenvalue weighted by Gasteiger charge is 2.22. The molecule has 1 N–H and O–H groups in total. The Morgan fingerprint density at radius 1 is 0.913 bits per heavy atom. The first kappa shape index (κ1) is 16.0. The molecule has 1 saturated heterocycles. The summed E-state index contributed by atoms with van der Waals surface area (Å²) in [6.45, 7) is 2.84. The predicted octanol–water partition coefficient (Wildman–Crippen LogP) is 4.35. The first-order valence-corrected chi connectivity index (χ1v) is 8.20. The molecule has 1 fully saturated rings. The minimum Gasteiger partial charge on any atom is -0.367 e. The van der Waals surface area contributed by atoms with Gasteiger partial charge in [-0.05, 0) is 36.4 Å². The monoisotopic (exact) mass is 349 g/mol. The average molecular weight is 350 g/mol. The summed E-state index contributed by atoms with van der Waals surface area (Å²) >= 11 is 12.1. The maximum atomic E-state index is 12.3. The maximum Gasteiger partial charge on any atom is 0.321 e. The largest absolute Gasteiger partial charge is 0.367 e. The van der Waals surface area contributed by atoms with Crippen LogP contribution in [-0.2, 0) is 0 Å². The van der Waals surface area contributed by atoms with Gasteiger partial charge in [0.2, 0.25) is 0 Å². The lowest BCUT2D eigenvalue weighted by Crippen LogP contribution is -2.50. The average Bonchev–Trinajstić information content (AvgIpc) is 2.57. The van der Waals surface area contributed by atoms with Gasteiger partial charge in [-0.2, -0.15) is 0 Å². The fourth-order valence-electron chi connectivity index (χ4n) is 2.59. The van der Waals surface area contributed by atoms with E-state index >= 15 is 0 Å². The molecule has 0 spiro atoms. The van der Waals surface area contributed by atoms with Crippen LogP contribution in [0.15, 0.2) is 48.5 Å². The number of nitrogens with one attached hydrogen (secondary N) is 1. The van der Waals surface area contributed by atoms with Crippen molar-refractivity contribution in [3.05, 3.63) is 58.6 Å². The molecule has 0 unspecified atom stereocenters. The van der Waals surface area contributed by atoms with E-state index < -0.39 is 0 Å². The van der Waals surface area contributed by atoms with Crippen molar-refractivity contribution in [1.82, 2.24) is 4.90 Å². The van der Waals surface area contributed by atoms with Crippen molar-refractivity contribution in [2.75, 3.05) is 36.4 Å². The van der Waals surface area contributed by atoms with Crippen LogP contribution in [0.1, 0.15) is 0 Å². The molecule has 1 heterocycles. The number of nitrogens with zero attached hydrogens (tertiary/aromatic N) is 2. The third-order valence-electron chi connectivity index (χ3n) is 3.86. The lowest BCUT2D eigenvalue weighted by Gasteiger charge is -2.36. The number of piperazine rings is 1. The van der Waals surface area contributed by atoms with Crippen LogP contribution in [-0.4, -0.2) is 37.1 Å². The van der Waals surface area contributed by atoms with Crippen LogP contribution in [0.25, 0.3) is 0 Å². The number of hydrogen-bond donors (Lipinski definition) is 1. The van der Waals surface area contributed by atoms with Crippen molar-refractivity contribution in [2.24, 2.45) is 0 Å². The van der Waals surface area contributed by atoms with Gasteiger partial charge in [-0.3, -0.25) is 0 Å². The van der Waals surface area contributed by atoms with Crippen LogP contribution in [0.5, 0.6) is 0 Å². The first-order valence-electron chi connectivity index (χ1n) is 7.44. The molecule has 1 aliphatic heterocycles. The number of para-hydroxylation sites is 1. The molecule has 0 aliphatic carbocycles. The Morgan fingerprint density at radius 3 is 2.22 bits per heavy atom. The molecule has 0 bridgehead atoms. The molecule has 4 nitrogen and oxygen atoms in total. The van der Waals surface area contributed by atoms with Gasteiger partial charge in [0.05, 0.1) is 10.7 Å². The molecule has 2 aromatic rings. The highest BCUT2D eigenvalue weighted by Crippen LogP contribution is 2.26. The quantitative estimate of drug-likeness (QED) is 0.874. The molecule has 0 radical (unpaired) electrons. The summed E-state index contributed by atoms with van der Waals surface area (Å²) in [5.41, 5.74) is 1.76. The minimum atomic E-state index is -0.0915. The zero-order chi connectivity index (χ0) is 16.2. The van der Waals surface area contributed by atoms with E-state index in [4.69, 9.17) is 23.2 Å². The number of halogens is 2. The zero-order valence-electron chi connectivity index (χ0n) is 12.5. The van der Waals surface area contributed by atoms with Gasteiger partial charge in [0, 0.05) is 36.9 Å². The summed E-state index contributed by atoms with van der Waals surface area (Å²) in [5.74, 6) is 0. The molecule has 6 heteroatoms. The fraction of sp³-hybridized carbons (Fsp3) is 0.235. The molecule has 3 rings (SSSR count). The van der Waals surface area contributed by atoms with Gasteiger partial charge >= 0.3 is 6.03 Å². The Labute approximate surface area is 145 Å². The van der Waals surface area contributed by atoms with Crippen LogP contribution >= 0.6 is 23.2 Å². The maximum absolute atomic E-state index is 12.3. The van der Waals surface area contributed by atoms with Crippen molar-refractivity contribution in [3.8, 4) is 0 Å². The Morgan fingerprint density at radius 2 is 1.57 bits per heavy atom. The molecule has 1 aliphatic rings. The first-order chi connectivity index (χ1) is 11.1. The number of urea groups is 1. The molecule has 23 heavy (non-hydrogen) atoms. The second-order valence-corrected chi connectivity index (χ2v) is 6.21. The summed E-state index contributed by atoms with van der Waals surface area (Å²) < 4.78 is 0. The number of carbonyl (C=O) groups is 1. The van der Waals surface area contributed by atoms with Gasteiger partial charge in [0.1, 0.15) is 0 Å². The highest BCUT2D eigenvalue weighted by atomic mass is 35.5. The van der Waals surface area contributed by atoms with Gasteiger partial charge in [0.15, 0.2) is 0 Å². The minimum absolute atomic E-state index is 0.0915. The van der Waals surface area contributed by atoms with Crippen LogP contribution in [0.4, 0.5) is 16.2 Å². The van der Waals surface area contributed by atoms with E-state index in [0.717, 1.165) is 29.5 Å². The van der Waals surface area contributed by atoms with Crippen LogP contribution < -0.4 is 10.2 Å². The molecule has 0 atom stereocenters. The van der Waals surface area contributed by atoms with E-state index in [9.17, 15) is 4.79 Å². The van der Waals surface area contributed by atoms with Crippen molar-refractivity contribution in [2.45, 2.75) is 0 Å². The number of benzene rings is 2. The second kappa shape index (κ2) is 7.11. The Kier molecular flexibility index (Phi) is 4.94. The third kappa shape index (κ3) is 3.89. The molecule has 2 aromatic carbocycles. The number of anilines is 2. The topological polar surface area (TPSA) is 35.6 Å². The van der Waals surface area contributed by atoms with E-state index in [0.29, 0.717) is 18.1 Å².